The minimum atomic E-state index is -2.58. The number of benzene rings is 1. The van der Waals surface area contributed by atoms with Crippen LogP contribution in [0.15, 0.2) is 22.7 Å². The number of hydrogen-bond acceptors (Lipinski definition) is 1. The Balaban J connectivity index is 2.20. The number of carbonyl (C=O) groups is 1. The lowest BCUT2D eigenvalue weighted by Gasteiger charge is -2.07. The molecule has 0 spiro atoms. The summed E-state index contributed by atoms with van der Waals surface area (Å²) in [4.78, 5) is 11.6. The predicted molar refractivity (Wildman–Crippen MR) is 59.6 cm³/mol. The van der Waals surface area contributed by atoms with Crippen LogP contribution in [0.2, 0.25) is 0 Å². The monoisotopic (exact) mass is 289 g/mol. The zero-order valence-electron chi connectivity index (χ0n) is 8.34. The van der Waals surface area contributed by atoms with Crippen LogP contribution in [0, 0.1) is 0 Å². The van der Waals surface area contributed by atoms with Crippen LogP contribution >= 0.6 is 15.9 Å². The summed E-state index contributed by atoms with van der Waals surface area (Å²) in [6.45, 7) is 0. The maximum atomic E-state index is 12.6. The molecule has 86 valence electrons. The van der Waals surface area contributed by atoms with E-state index in [1.165, 1.54) is 18.2 Å². The molecule has 5 heteroatoms. The van der Waals surface area contributed by atoms with Crippen LogP contribution in [-0.2, 0) is 0 Å². The normalized spacial score (nSPS) is 15.2. The van der Waals surface area contributed by atoms with E-state index < -0.39 is 6.43 Å². The summed E-state index contributed by atoms with van der Waals surface area (Å²) in [6, 6.07) is 4.47. The molecule has 16 heavy (non-hydrogen) atoms. The minimum absolute atomic E-state index is 0.150. The van der Waals surface area contributed by atoms with Crippen LogP contribution in [0.4, 0.5) is 8.78 Å². The van der Waals surface area contributed by atoms with Crippen molar-refractivity contribution in [3.8, 4) is 0 Å². The van der Waals surface area contributed by atoms with Gasteiger partial charge in [0.15, 0.2) is 0 Å². The van der Waals surface area contributed by atoms with Gasteiger partial charge in [-0.2, -0.15) is 0 Å². The van der Waals surface area contributed by atoms with E-state index in [-0.39, 0.29) is 23.1 Å². The zero-order valence-corrected chi connectivity index (χ0v) is 9.93. The number of nitrogens with one attached hydrogen (secondary N) is 1. The standard InChI is InChI=1S/C11H10BrF2NO/c12-9-4-1-6(5-8(9)10(13)14)11(16)15-7-2-3-7/h1,4-5,7,10H,2-3H2,(H,15,16). The first-order valence-corrected chi connectivity index (χ1v) is 5.75. The molecular formula is C11H10BrF2NO. The van der Waals surface area contributed by atoms with Gasteiger partial charge >= 0.3 is 0 Å². The SMILES string of the molecule is O=C(NC1CC1)c1ccc(Br)c(C(F)F)c1. The second-order valence-corrected chi connectivity index (χ2v) is 4.64. The second kappa shape index (κ2) is 4.49. The summed E-state index contributed by atoms with van der Waals surface area (Å²) in [5.74, 6) is -0.281. The number of amides is 1. The van der Waals surface area contributed by atoms with Crippen molar-refractivity contribution < 1.29 is 13.6 Å². The third-order valence-corrected chi connectivity index (χ3v) is 3.13. The third-order valence-electron chi connectivity index (χ3n) is 2.41. The molecule has 0 atom stereocenters. The number of carbonyl (C=O) groups excluding carboxylic acids is 1. The van der Waals surface area contributed by atoms with E-state index in [1.807, 2.05) is 0 Å². The van der Waals surface area contributed by atoms with E-state index in [0.29, 0.717) is 4.47 Å². The smallest absolute Gasteiger partial charge is 0.264 e. The Morgan fingerprint density at radius 3 is 2.69 bits per heavy atom. The molecule has 1 aromatic carbocycles. The lowest BCUT2D eigenvalue weighted by Crippen LogP contribution is -2.25. The maximum Gasteiger partial charge on any atom is 0.264 e. The second-order valence-electron chi connectivity index (χ2n) is 3.78. The van der Waals surface area contributed by atoms with Gasteiger partial charge in [-0.3, -0.25) is 4.79 Å². The first-order valence-electron chi connectivity index (χ1n) is 4.96. The zero-order chi connectivity index (χ0) is 11.7. The summed E-state index contributed by atoms with van der Waals surface area (Å²) in [5.41, 5.74) is 0.133. The number of halogens is 3. The van der Waals surface area contributed by atoms with E-state index in [2.05, 4.69) is 21.2 Å². The Morgan fingerprint density at radius 2 is 2.12 bits per heavy atom. The van der Waals surface area contributed by atoms with Gasteiger partial charge in [0.05, 0.1) is 0 Å². The van der Waals surface area contributed by atoms with Crippen LogP contribution in [-0.4, -0.2) is 11.9 Å². The largest absolute Gasteiger partial charge is 0.349 e. The first-order chi connectivity index (χ1) is 7.58. The molecule has 1 N–H and O–H groups in total. The molecular weight excluding hydrogens is 280 g/mol. The summed E-state index contributed by atoms with van der Waals surface area (Å²) in [6.07, 6.45) is -0.628. The van der Waals surface area contributed by atoms with Crippen LogP contribution in [0.3, 0.4) is 0 Å². The first kappa shape index (κ1) is 11.5. The van der Waals surface area contributed by atoms with Gasteiger partial charge in [-0.15, -0.1) is 0 Å². The fraction of sp³-hybridized carbons (Fsp3) is 0.364. The Hall–Kier alpha value is -0.970. The van der Waals surface area contributed by atoms with Crippen molar-refractivity contribution in [3.05, 3.63) is 33.8 Å². The van der Waals surface area contributed by atoms with Gasteiger partial charge < -0.3 is 5.32 Å². The molecule has 0 aromatic heterocycles. The summed E-state index contributed by atoms with van der Waals surface area (Å²) < 4.78 is 25.5. The van der Waals surface area contributed by atoms with E-state index in [0.717, 1.165) is 12.8 Å². The number of hydrogen-bond donors (Lipinski definition) is 1. The molecule has 1 fully saturated rings. The van der Waals surface area contributed by atoms with Gasteiger partial charge in [0, 0.05) is 21.6 Å². The number of alkyl halides is 2. The molecule has 0 unspecified atom stereocenters. The van der Waals surface area contributed by atoms with Crippen molar-refractivity contribution in [3.63, 3.8) is 0 Å². The van der Waals surface area contributed by atoms with E-state index in [4.69, 9.17) is 0 Å². The molecule has 0 bridgehead atoms. The highest BCUT2D eigenvalue weighted by Gasteiger charge is 2.24. The fourth-order valence-corrected chi connectivity index (χ4v) is 1.77. The lowest BCUT2D eigenvalue weighted by atomic mass is 10.1. The molecule has 0 aliphatic heterocycles. The van der Waals surface area contributed by atoms with Gasteiger partial charge in [-0.05, 0) is 31.0 Å². The molecule has 1 aromatic rings. The van der Waals surface area contributed by atoms with E-state index in [9.17, 15) is 13.6 Å². The molecule has 0 saturated heterocycles. The van der Waals surface area contributed by atoms with Crippen molar-refractivity contribution in [1.29, 1.82) is 0 Å². The summed E-state index contributed by atoms with van der Waals surface area (Å²) in [7, 11) is 0. The summed E-state index contributed by atoms with van der Waals surface area (Å²) in [5, 5.41) is 2.76. The van der Waals surface area contributed by atoms with E-state index in [1.54, 1.807) is 0 Å². The lowest BCUT2D eigenvalue weighted by molar-refractivity contribution is 0.0950. The average Bonchev–Trinajstić information content (AvgIpc) is 3.01. The molecule has 1 aliphatic rings. The molecule has 0 radical (unpaired) electrons. The van der Waals surface area contributed by atoms with Crippen molar-refractivity contribution in [2.24, 2.45) is 0 Å². The molecule has 1 aliphatic carbocycles. The Labute approximate surface area is 100 Å². The molecule has 1 amide bonds. The molecule has 2 rings (SSSR count). The maximum absolute atomic E-state index is 12.6. The van der Waals surface area contributed by atoms with Gasteiger partial charge in [0.2, 0.25) is 0 Å². The van der Waals surface area contributed by atoms with Crippen LogP contribution in [0.1, 0.15) is 35.2 Å². The predicted octanol–water partition coefficient (Wildman–Crippen LogP) is 3.28. The Morgan fingerprint density at radius 1 is 1.44 bits per heavy atom. The average molecular weight is 290 g/mol. The quantitative estimate of drug-likeness (QED) is 0.909. The highest BCUT2D eigenvalue weighted by Crippen LogP contribution is 2.28. The fourth-order valence-electron chi connectivity index (χ4n) is 1.35. The third kappa shape index (κ3) is 2.58. The van der Waals surface area contributed by atoms with Crippen LogP contribution < -0.4 is 5.32 Å². The van der Waals surface area contributed by atoms with Crippen LogP contribution in [0.5, 0.6) is 0 Å². The Kier molecular flexibility index (Phi) is 3.23. The van der Waals surface area contributed by atoms with Gasteiger partial charge in [-0.25, -0.2) is 8.78 Å². The molecule has 2 nitrogen and oxygen atoms in total. The van der Waals surface area contributed by atoms with Gasteiger partial charge in [0.25, 0.3) is 12.3 Å². The molecule has 0 heterocycles. The van der Waals surface area contributed by atoms with E-state index >= 15 is 0 Å². The van der Waals surface area contributed by atoms with Gasteiger partial charge in [-0.1, -0.05) is 15.9 Å². The summed E-state index contributed by atoms with van der Waals surface area (Å²) >= 11 is 3.03. The van der Waals surface area contributed by atoms with Crippen LogP contribution in [0.25, 0.3) is 0 Å². The van der Waals surface area contributed by atoms with Crippen molar-refractivity contribution in [2.75, 3.05) is 0 Å². The topological polar surface area (TPSA) is 29.1 Å². The highest BCUT2D eigenvalue weighted by atomic mass is 79.9. The minimum Gasteiger partial charge on any atom is -0.349 e. The highest BCUT2D eigenvalue weighted by molar-refractivity contribution is 9.10. The van der Waals surface area contributed by atoms with Crippen molar-refractivity contribution in [1.82, 2.24) is 5.32 Å². The number of rotatable bonds is 3. The van der Waals surface area contributed by atoms with Crippen molar-refractivity contribution >= 4 is 21.8 Å². The molecule has 1 saturated carbocycles. The Bertz CT molecular complexity index is 418. The van der Waals surface area contributed by atoms with Gasteiger partial charge in [0.1, 0.15) is 0 Å². The van der Waals surface area contributed by atoms with Crippen molar-refractivity contribution in [2.45, 2.75) is 25.3 Å².